The molecule has 2 rings (SSSR count). The van der Waals surface area contributed by atoms with E-state index in [1.807, 2.05) is 13.8 Å². The second-order valence-corrected chi connectivity index (χ2v) is 7.02. The second-order valence-electron chi connectivity index (χ2n) is 6.08. The summed E-state index contributed by atoms with van der Waals surface area (Å²) in [4.78, 5) is 49.5. The maximum Gasteiger partial charge on any atom is 0.325 e. The number of hydrogen-bond donors (Lipinski definition) is 3. The van der Waals surface area contributed by atoms with Crippen LogP contribution in [0.15, 0.2) is 17.5 Å². The van der Waals surface area contributed by atoms with Gasteiger partial charge in [0, 0.05) is 11.4 Å². The number of hydrogen-bond acceptors (Lipinski definition) is 5. The van der Waals surface area contributed by atoms with Crippen molar-refractivity contribution < 1.29 is 19.2 Å². The van der Waals surface area contributed by atoms with Crippen LogP contribution in [0.2, 0.25) is 0 Å². The van der Waals surface area contributed by atoms with Gasteiger partial charge in [0.2, 0.25) is 5.91 Å². The maximum atomic E-state index is 12.5. The average Bonchev–Trinajstić information content (AvgIpc) is 3.10. The predicted octanol–water partition coefficient (Wildman–Crippen LogP) is 0.997. The third kappa shape index (κ3) is 3.73. The van der Waals surface area contributed by atoms with Gasteiger partial charge in [0.1, 0.15) is 6.54 Å². The van der Waals surface area contributed by atoms with Crippen molar-refractivity contribution >= 4 is 35.2 Å². The van der Waals surface area contributed by atoms with Gasteiger partial charge >= 0.3 is 12.1 Å². The van der Waals surface area contributed by atoms with E-state index in [4.69, 9.17) is 0 Å². The molecule has 1 aliphatic rings. The van der Waals surface area contributed by atoms with Crippen molar-refractivity contribution in [2.24, 2.45) is 5.92 Å². The summed E-state index contributed by atoms with van der Waals surface area (Å²) in [5.41, 5.74) is -1.19. The van der Waals surface area contributed by atoms with E-state index >= 15 is 0 Å². The van der Waals surface area contributed by atoms with E-state index < -0.39 is 36.0 Å². The zero-order valence-corrected chi connectivity index (χ0v) is 14.5. The molecule has 0 spiro atoms. The van der Waals surface area contributed by atoms with E-state index in [1.165, 1.54) is 11.3 Å². The van der Waals surface area contributed by atoms with Crippen molar-refractivity contribution in [2.45, 2.75) is 26.3 Å². The summed E-state index contributed by atoms with van der Waals surface area (Å²) in [6, 6.07) is 2.21. The number of nitrogens with zero attached hydrogens (tertiary/aromatic N) is 1. The van der Waals surface area contributed by atoms with Crippen LogP contribution < -0.4 is 16.0 Å². The van der Waals surface area contributed by atoms with Gasteiger partial charge in [-0.15, -0.1) is 11.3 Å². The normalized spacial score (nSPS) is 20.2. The molecule has 1 saturated heterocycles. The van der Waals surface area contributed by atoms with Crippen LogP contribution >= 0.6 is 11.3 Å². The summed E-state index contributed by atoms with van der Waals surface area (Å²) in [5, 5.41) is 9.03. The van der Waals surface area contributed by atoms with E-state index in [1.54, 1.807) is 24.4 Å². The lowest BCUT2D eigenvalue weighted by Crippen LogP contribution is -2.47. The molecule has 2 heterocycles. The van der Waals surface area contributed by atoms with Crippen molar-refractivity contribution in [3.05, 3.63) is 22.4 Å². The lowest BCUT2D eigenvalue weighted by molar-refractivity contribution is -0.134. The lowest BCUT2D eigenvalue weighted by atomic mass is 10.0. The highest BCUT2D eigenvalue weighted by atomic mass is 32.1. The van der Waals surface area contributed by atoms with Gasteiger partial charge in [0.25, 0.3) is 5.91 Å². The minimum Gasteiger partial charge on any atom is -0.338 e. The van der Waals surface area contributed by atoms with Crippen molar-refractivity contribution in [2.75, 3.05) is 13.1 Å². The quantitative estimate of drug-likeness (QED) is 0.687. The molecule has 9 heteroatoms. The first-order valence-electron chi connectivity index (χ1n) is 7.50. The molecule has 8 nitrogen and oxygen atoms in total. The van der Waals surface area contributed by atoms with Gasteiger partial charge in [-0.1, -0.05) is 19.9 Å². The molecular formula is C15H20N4O4S. The molecule has 1 unspecified atom stereocenters. The molecule has 1 atom stereocenters. The van der Waals surface area contributed by atoms with Crippen LogP contribution in [0.4, 0.5) is 9.59 Å². The molecule has 3 N–H and O–H groups in total. The molecule has 0 aliphatic carbocycles. The van der Waals surface area contributed by atoms with Crippen LogP contribution in [0.1, 0.15) is 25.6 Å². The van der Waals surface area contributed by atoms with E-state index in [0.717, 1.165) is 4.90 Å². The Bertz CT molecular complexity index is 658. The number of urea groups is 2. The molecule has 1 fully saturated rings. The summed E-state index contributed by atoms with van der Waals surface area (Å²) in [6.07, 6.45) is 0. The minimum absolute atomic E-state index is 0.239. The Labute approximate surface area is 143 Å². The Balaban J connectivity index is 1.97. The van der Waals surface area contributed by atoms with Gasteiger partial charge in [0.15, 0.2) is 5.54 Å². The summed E-state index contributed by atoms with van der Waals surface area (Å²) in [5.74, 6) is -1.01. The Kier molecular flexibility index (Phi) is 5.23. The fourth-order valence-electron chi connectivity index (χ4n) is 2.22. The molecule has 0 saturated carbocycles. The summed E-state index contributed by atoms with van der Waals surface area (Å²) in [7, 11) is 0. The van der Waals surface area contributed by atoms with Crippen molar-refractivity contribution in [3.63, 3.8) is 0 Å². The van der Waals surface area contributed by atoms with E-state index in [0.29, 0.717) is 11.4 Å². The summed E-state index contributed by atoms with van der Waals surface area (Å²) >= 11 is 1.34. The maximum absolute atomic E-state index is 12.5. The van der Waals surface area contributed by atoms with Crippen LogP contribution in [-0.2, 0) is 15.1 Å². The molecule has 0 radical (unpaired) electrons. The topological polar surface area (TPSA) is 108 Å². The molecule has 0 aromatic carbocycles. The summed E-state index contributed by atoms with van der Waals surface area (Å²) in [6.45, 7) is 5.33. The first kappa shape index (κ1) is 17.9. The van der Waals surface area contributed by atoms with Gasteiger partial charge in [-0.2, -0.15) is 0 Å². The van der Waals surface area contributed by atoms with Crippen LogP contribution in [-0.4, -0.2) is 41.9 Å². The number of thiophene rings is 1. The largest absolute Gasteiger partial charge is 0.338 e. The van der Waals surface area contributed by atoms with Gasteiger partial charge in [-0.3, -0.25) is 19.8 Å². The monoisotopic (exact) mass is 352 g/mol. The van der Waals surface area contributed by atoms with Crippen LogP contribution in [0.5, 0.6) is 0 Å². The molecule has 24 heavy (non-hydrogen) atoms. The van der Waals surface area contributed by atoms with Crippen LogP contribution in [0, 0.1) is 5.92 Å². The number of carbonyl (C=O) groups is 4. The van der Waals surface area contributed by atoms with Crippen LogP contribution in [0.25, 0.3) is 0 Å². The Morgan fingerprint density at radius 2 is 2.08 bits per heavy atom. The zero-order chi connectivity index (χ0) is 17.9. The molecule has 1 aromatic heterocycles. The molecular weight excluding hydrogens is 332 g/mol. The highest BCUT2D eigenvalue weighted by Crippen LogP contribution is 2.31. The smallest absolute Gasteiger partial charge is 0.325 e. The lowest BCUT2D eigenvalue weighted by Gasteiger charge is -2.19. The first-order valence-corrected chi connectivity index (χ1v) is 8.37. The second kappa shape index (κ2) is 7.00. The third-order valence-corrected chi connectivity index (χ3v) is 4.61. The van der Waals surface area contributed by atoms with Crippen molar-refractivity contribution in [1.29, 1.82) is 0 Å². The van der Waals surface area contributed by atoms with Gasteiger partial charge in [0.05, 0.1) is 0 Å². The fraction of sp³-hybridized carbons (Fsp3) is 0.467. The van der Waals surface area contributed by atoms with E-state index in [2.05, 4.69) is 16.0 Å². The van der Waals surface area contributed by atoms with E-state index in [9.17, 15) is 19.2 Å². The van der Waals surface area contributed by atoms with Crippen LogP contribution in [0.3, 0.4) is 0 Å². The van der Waals surface area contributed by atoms with Gasteiger partial charge in [-0.25, -0.2) is 9.59 Å². The Hall–Kier alpha value is -2.42. The standard InChI is InChI=1S/C15H20N4O4S/c1-9(2)7-16-13(22)17-11(20)8-19-12(21)15(3,18-14(19)23)10-5-4-6-24-10/h4-6,9H,7-8H2,1-3H3,(H,18,23)(H2,16,17,20,22). The number of rotatable bonds is 5. The minimum atomic E-state index is -1.19. The number of amides is 6. The summed E-state index contributed by atoms with van der Waals surface area (Å²) < 4.78 is 0. The molecule has 130 valence electrons. The van der Waals surface area contributed by atoms with Crippen molar-refractivity contribution in [3.8, 4) is 0 Å². The Morgan fingerprint density at radius 3 is 2.67 bits per heavy atom. The Morgan fingerprint density at radius 1 is 1.38 bits per heavy atom. The highest BCUT2D eigenvalue weighted by Gasteiger charge is 2.50. The first-order chi connectivity index (χ1) is 11.2. The SMILES string of the molecule is CC(C)CNC(=O)NC(=O)CN1C(=O)NC(C)(c2cccs2)C1=O. The highest BCUT2D eigenvalue weighted by molar-refractivity contribution is 7.10. The van der Waals surface area contributed by atoms with Gasteiger partial charge in [-0.05, 0) is 24.3 Å². The number of imide groups is 2. The van der Waals surface area contributed by atoms with Gasteiger partial charge < -0.3 is 10.6 Å². The van der Waals surface area contributed by atoms with E-state index in [-0.39, 0.29) is 5.92 Å². The molecule has 1 aliphatic heterocycles. The zero-order valence-electron chi connectivity index (χ0n) is 13.7. The third-order valence-electron chi connectivity index (χ3n) is 3.51. The number of nitrogens with one attached hydrogen (secondary N) is 3. The van der Waals surface area contributed by atoms with Crippen molar-refractivity contribution in [1.82, 2.24) is 20.9 Å². The molecule has 6 amide bonds. The fourth-order valence-corrected chi connectivity index (χ4v) is 3.06. The average molecular weight is 352 g/mol. The molecule has 0 bridgehead atoms. The number of carbonyl (C=O) groups excluding carboxylic acids is 4. The predicted molar refractivity (Wildman–Crippen MR) is 88.3 cm³/mol. The molecule has 1 aromatic rings.